The molecule has 1 aliphatic rings. The van der Waals surface area contributed by atoms with Gasteiger partial charge in [-0.1, -0.05) is 18.1 Å². The van der Waals surface area contributed by atoms with Crippen LogP contribution < -0.4 is 0 Å². The van der Waals surface area contributed by atoms with Gasteiger partial charge in [0, 0.05) is 0 Å². The van der Waals surface area contributed by atoms with Gasteiger partial charge in [-0.2, -0.15) is 0 Å². The summed E-state index contributed by atoms with van der Waals surface area (Å²) in [7, 11) is 0. The molecule has 1 rings (SSSR count). The third-order valence-electron chi connectivity index (χ3n) is 1.53. The highest BCUT2D eigenvalue weighted by atomic mass is 32.2. The lowest BCUT2D eigenvalue weighted by Gasteiger charge is -1.81. The quantitative estimate of drug-likeness (QED) is 0.481. The molecule has 9 heavy (non-hydrogen) atoms. The topological polar surface area (TPSA) is 37.3 Å². The molecule has 0 spiro atoms. The Morgan fingerprint density at radius 3 is 2.67 bits per heavy atom. The van der Waals surface area contributed by atoms with Gasteiger partial charge in [0.1, 0.15) is 0 Å². The molecule has 52 valence electrons. The summed E-state index contributed by atoms with van der Waals surface area (Å²) >= 11 is -1.61. The molecular formula is C6H10O2S. The molecule has 1 atom stereocenters. The standard InChI is InChI=1S/C6H10O2S/c1-2-5-3-6(5)4-9(7)8/h2-4H2,1H3,(H,7,8). The van der Waals surface area contributed by atoms with Crippen LogP contribution in [0.5, 0.6) is 0 Å². The summed E-state index contributed by atoms with van der Waals surface area (Å²) in [4.78, 5) is 0. The van der Waals surface area contributed by atoms with Crippen LogP contribution in [0.2, 0.25) is 0 Å². The third kappa shape index (κ3) is 1.91. The molecule has 0 radical (unpaired) electrons. The minimum Gasteiger partial charge on any atom is -0.306 e. The van der Waals surface area contributed by atoms with Crippen molar-refractivity contribution in [3.05, 3.63) is 11.1 Å². The van der Waals surface area contributed by atoms with Crippen molar-refractivity contribution in [3.8, 4) is 0 Å². The van der Waals surface area contributed by atoms with E-state index < -0.39 is 11.1 Å². The number of allylic oxidation sites excluding steroid dienone is 1. The third-order valence-corrected chi connectivity index (χ3v) is 2.12. The zero-order valence-corrected chi connectivity index (χ0v) is 6.20. The van der Waals surface area contributed by atoms with Crippen molar-refractivity contribution < 1.29 is 8.76 Å². The van der Waals surface area contributed by atoms with Gasteiger partial charge in [0.15, 0.2) is 11.1 Å². The molecular weight excluding hydrogens is 136 g/mol. The highest BCUT2D eigenvalue weighted by Crippen LogP contribution is 2.33. The highest BCUT2D eigenvalue weighted by molar-refractivity contribution is 7.79. The van der Waals surface area contributed by atoms with E-state index in [9.17, 15) is 4.21 Å². The fourth-order valence-electron chi connectivity index (χ4n) is 0.891. The molecule has 0 aromatic heterocycles. The van der Waals surface area contributed by atoms with Crippen LogP contribution in [0.15, 0.2) is 11.1 Å². The lowest BCUT2D eigenvalue weighted by Crippen LogP contribution is -1.90. The molecule has 0 aromatic carbocycles. The number of hydrogen-bond acceptors (Lipinski definition) is 1. The van der Waals surface area contributed by atoms with E-state index in [0.29, 0.717) is 5.75 Å². The Balaban J connectivity index is 2.32. The van der Waals surface area contributed by atoms with E-state index in [1.807, 2.05) is 0 Å². The van der Waals surface area contributed by atoms with Crippen LogP contribution in [-0.2, 0) is 11.1 Å². The van der Waals surface area contributed by atoms with Crippen molar-refractivity contribution in [1.82, 2.24) is 0 Å². The van der Waals surface area contributed by atoms with Crippen molar-refractivity contribution in [2.75, 3.05) is 5.75 Å². The van der Waals surface area contributed by atoms with Crippen molar-refractivity contribution in [2.24, 2.45) is 0 Å². The fraction of sp³-hybridized carbons (Fsp3) is 0.667. The average molecular weight is 146 g/mol. The van der Waals surface area contributed by atoms with Crippen LogP contribution >= 0.6 is 0 Å². The molecule has 0 aliphatic heterocycles. The smallest absolute Gasteiger partial charge is 0.157 e. The SMILES string of the molecule is CCC1=C(CS(=O)O)C1. The van der Waals surface area contributed by atoms with Gasteiger partial charge < -0.3 is 4.55 Å². The maximum Gasteiger partial charge on any atom is 0.157 e. The van der Waals surface area contributed by atoms with Gasteiger partial charge in [0.2, 0.25) is 0 Å². The molecule has 0 saturated heterocycles. The molecule has 0 bridgehead atoms. The van der Waals surface area contributed by atoms with Crippen LogP contribution in [0.1, 0.15) is 19.8 Å². The van der Waals surface area contributed by atoms with Gasteiger partial charge in [-0.15, -0.1) is 0 Å². The summed E-state index contributed by atoms with van der Waals surface area (Å²) in [5.74, 6) is 0.378. The molecule has 1 unspecified atom stereocenters. The number of hydrogen-bond donors (Lipinski definition) is 1. The summed E-state index contributed by atoms with van der Waals surface area (Å²) in [5.41, 5.74) is 2.57. The Kier molecular flexibility index (Phi) is 2.03. The van der Waals surface area contributed by atoms with E-state index >= 15 is 0 Å². The average Bonchev–Trinajstić information content (AvgIpc) is 2.45. The highest BCUT2D eigenvalue weighted by Gasteiger charge is 2.20. The normalized spacial score (nSPS) is 20.2. The maximum absolute atomic E-state index is 10.2. The Morgan fingerprint density at radius 2 is 2.33 bits per heavy atom. The van der Waals surface area contributed by atoms with E-state index in [1.165, 1.54) is 11.1 Å². The second-order valence-electron chi connectivity index (χ2n) is 2.20. The zero-order valence-electron chi connectivity index (χ0n) is 5.39. The zero-order chi connectivity index (χ0) is 6.85. The molecule has 1 N–H and O–H groups in total. The van der Waals surface area contributed by atoms with E-state index in [1.54, 1.807) is 0 Å². The summed E-state index contributed by atoms with van der Waals surface area (Å²) < 4.78 is 18.6. The first kappa shape index (κ1) is 6.96. The lowest BCUT2D eigenvalue weighted by molar-refractivity contribution is 0.567. The Morgan fingerprint density at radius 1 is 1.67 bits per heavy atom. The first-order chi connectivity index (χ1) is 4.24. The van der Waals surface area contributed by atoms with Crippen LogP contribution in [0.4, 0.5) is 0 Å². The number of rotatable bonds is 3. The molecule has 0 aromatic rings. The Labute approximate surface area is 57.2 Å². The van der Waals surface area contributed by atoms with Crippen LogP contribution in [0.25, 0.3) is 0 Å². The van der Waals surface area contributed by atoms with Crippen LogP contribution in [0.3, 0.4) is 0 Å². The molecule has 2 nitrogen and oxygen atoms in total. The van der Waals surface area contributed by atoms with Crippen LogP contribution in [0, 0.1) is 0 Å². The second-order valence-corrected chi connectivity index (χ2v) is 3.13. The summed E-state index contributed by atoms with van der Waals surface area (Å²) in [6.07, 6.45) is 2.05. The predicted molar refractivity (Wildman–Crippen MR) is 37.6 cm³/mol. The summed E-state index contributed by atoms with van der Waals surface area (Å²) in [6, 6.07) is 0. The Hall–Kier alpha value is -0.150. The lowest BCUT2D eigenvalue weighted by atomic mass is 10.4. The predicted octanol–water partition coefficient (Wildman–Crippen LogP) is 1.32. The van der Waals surface area contributed by atoms with E-state index in [4.69, 9.17) is 4.55 Å². The summed E-state index contributed by atoms with van der Waals surface area (Å²) in [6.45, 7) is 2.07. The van der Waals surface area contributed by atoms with Crippen LogP contribution in [-0.4, -0.2) is 14.5 Å². The van der Waals surface area contributed by atoms with Crippen molar-refractivity contribution in [3.63, 3.8) is 0 Å². The van der Waals surface area contributed by atoms with E-state index in [0.717, 1.165) is 12.8 Å². The molecule has 0 fully saturated rings. The largest absolute Gasteiger partial charge is 0.306 e. The van der Waals surface area contributed by atoms with Gasteiger partial charge >= 0.3 is 0 Å². The first-order valence-corrected chi connectivity index (χ1v) is 4.29. The molecule has 0 heterocycles. The van der Waals surface area contributed by atoms with E-state index in [-0.39, 0.29) is 0 Å². The van der Waals surface area contributed by atoms with Gasteiger partial charge in [-0.3, -0.25) is 0 Å². The van der Waals surface area contributed by atoms with E-state index in [2.05, 4.69) is 6.92 Å². The fourth-order valence-corrected chi connectivity index (χ4v) is 1.49. The monoisotopic (exact) mass is 146 g/mol. The van der Waals surface area contributed by atoms with Crippen molar-refractivity contribution in [2.45, 2.75) is 19.8 Å². The van der Waals surface area contributed by atoms with Crippen molar-refractivity contribution in [1.29, 1.82) is 0 Å². The van der Waals surface area contributed by atoms with Gasteiger partial charge in [0.05, 0.1) is 5.75 Å². The van der Waals surface area contributed by atoms with Crippen molar-refractivity contribution >= 4 is 11.1 Å². The minimum atomic E-state index is -1.61. The summed E-state index contributed by atoms with van der Waals surface area (Å²) in [5, 5.41) is 0. The second kappa shape index (κ2) is 2.62. The minimum absolute atomic E-state index is 0.378. The molecule has 0 amide bonds. The first-order valence-electron chi connectivity index (χ1n) is 3.01. The molecule has 0 saturated carbocycles. The maximum atomic E-state index is 10.2. The van der Waals surface area contributed by atoms with Gasteiger partial charge in [0.25, 0.3) is 0 Å². The van der Waals surface area contributed by atoms with Gasteiger partial charge in [-0.25, -0.2) is 4.21 Å². The Bertz CT molecular complexity index is 172. The molecule has 3 heteroatoms. The molecule has 1 aliphatic carbocycles. The van der Waals surface area contributed by atoms with Gasteiger partial charge in [-0.05, 0) is 12.8 Å².